The molecule has 1 unspecified atom stereocenters. The smallest absolute Gasteiger partial charge is 0.0117 e. The van der Waals surface area contributed by atoms with E-state index in [1.54, 1.807) is 0 Å². The summed E-state index contributed by atoms with van der Waals surface area (Å²) in [6, 6.07) is 0. The van der Waals surface area contributed by atoms with Crippen molar-refractivity contribution in [3.05, 3.63) is 0 Å². The van der Waals surface area contributed by atoms with E-state index in [4.69, 9.17) is 0 Å². The molecule has 11 heavy (non-hydrogen) atoms. The topological polar surface area (TPSA) is 0 Å². The molecule has 0 aliphatic carbocycles. The van der Waals surface area contributed by atoms with Crippen LogP contribution in [0.1, 0.15) is 53.4 Å². The van der Waals surface area contributed by atoms with Gasteiger partial charge in [-0.1, -0.05) is 56.5 Å². The van der Waals surface area contributed by atoms with Gasteiger partial charge in [-0.25, -0.2) is 0 Å². The Morgan fingerprint density at radius 2 is 1.73 bits per heavy atom. The third-order valence-corrected chi connectivity index (χ3v) is 2.24. The van der Waals surface area contributed by atoms with Gasteiger partial charge < -0.3 is 0 Å². The van der Waals surface area contributed by atoms with Crippen LogP contribution in [0.3, 0.4) is 0 Å². The molecular weight excluding hydrogens is 200 g/mol. The van der Waals surface area contributed by atoms with E-state index in [0.29, 0.717) is 10.2 Å². The predicted molar refractivity (Wildman–Crippen MR) is 56.3 cm³/mol. The maximum absolute atomic E-state index is 3.56. The van der Waals surface area contributed by atoms with Crippen LogP contribution in [0.15, 0.2) is 0 Å². The Hall–Kier alpha value is 0.480. The van der Waals surface area contributed by atoms with Crippen molar-refractivity contribution in [3.8, 4) is 0 Å². The molecule has 1 heteroatoms. The van der Waals surface area contributed by atoms with Crippen LogP contribution in [-0.2, 0) is 0 Å². The summed E-state index contributed by atoms with van der Waals surface area (Å²) in [5.41, 5.74) is 0.523. The van der Waals surface area contributed by atoms with Crippen LogP contribution >= 0.6 is 15.9 Å². The Kier molecular flexibility index (Phi) is 5.41. The predicted octanol–water partition coefficient (Wildman–Crippen LogP) is 4.38. The van der Waals surface area contributed by atoms with Gasteiger partial charge in [0.25, 0.3) is 0 Å². The third-order valence-electron chi connectivity index (χ3n) is 1.78. The molecule has 0 radical (unpaired) electrons. The molecule has 0 fully saturated rings. The first-order chi connectivity index (χ1) is 4.92. The van der Waals surface area contributed by atoms with Crippen LogP contribution < -0.4 is 0 Å². The van der Waals surface area contributed by atoms with Gasteiger partial charge in [0.15, 0.2) is 0 Å². The fourth-order valence-corrected chi connectivity index (χ4v) is 1.40. The monoisotopic (exact) mass is 220 g/mol. The molecule has 1 atom stereocenters. The van der Waals surface area contributed by atoms with E-state index in [-0.39, 0.29) is 0 Å². The van der Waals surface area contributed by atoms with Gasteiger partial charge in [0.1, 0.15) is 0 Å². The van der Waals surface area contributed by atoms with Crippen molar-refractivity contribution < 1.29 is 0 Å². The summed E-state index contributed by atoms with van der Waals surface area (Å²) < 4.78 is 0. The van der Waals surface area contributed by atoms with E-state index < -0.39 is 0 Å². The molecule has 0 aromatic heterocycles. The minimum absolute atomic E-state index is 0.523. The third kappa shape index (κ3) is 10.5. The molecule has 0 aliphatic heterocycles. The molecule has 0 rings (SSSR count). The highest BCUT2D eigenvalue weighted by Gasteiger charge is 2.08. The lowest BCUT2D eigenvalue weighted by molar-refractivity contribution is 0.358. The molecule has 0 aromatic rings. The number of hydrogen-bond acceptors (Lipinski definition) is 0. The molecular formula is C10H21Br. The maximum atomic E-state index is 3.56. The van der Waals surface area contributed by atoms with Crippen molar-refractivity contribution in [1.29, 1.82) is 0 Å². The van der Waals surface area contributed by atoms with Crippen LogP contribution in [0.4, 0.5) is 0 Å². The van der Waals surface area contributed by atoms with Crippen LogP contribution in [0.2, 0.25) is 0 Å². The normalized spacial score (nSPS) is 15.0. The van der Waals surface area contributed by atoms with E-state index in [0.717, 1.165) is 0 Å². The molecule has 0 amide bonds. The van der Waals surface area contributed by atoms with Gasteiger partial charge in [-0.05, 0) is 18.3 Å². The highest BCUT2D eigenvalue weighted by atomic mass is 79.9. The molecule has 0 spiro atoms. The average molecular weight is 221 g/mol. The Bertz CT molecular complexity index is 89.5. The lowest BCUT2D eigenvalue weighted by Crippen LogP contribution is -2.04. The first-order valence-corrected chi connectivity index (χ1v) is 5.47. The van der Waals surface area contributed by atoms with E-state index in [2.05, 4.69) is 43.6 Å². The van der Waals surface area contributed by atoms with E-state index in [9.17, 15) is 0 Å². The van der Waals surface area contributed by atoms with Gasteiger partial charge in [0, 0.05) is 4.83 Å². The number of rotatable bonds is 4. The summed E-state index contributed by atoms with van der Waals surface area (Å²) >= 11 is 3.56. The largest absolute Gasteiger partial charge is 0.0894 e. The molecule has 0 nitrogen and oxygen atoms in total. The Balaban J connectivity index is 3.15. The fourth-order valence-electron chi connectivity index (χ4n) is 1.08. The zero-order valence-electron chi connectivity index (χ0n) is 8.28. The van der Waals surface area contributed by atoms with Crippen LogP contribution in [-0.4, -0.2) is 4.83 Å². The summed E-state index contributed by atoms with van der Waals surface area (Å²) in [5.74, 6) is 0. The molecule has 0 heterocycles. The molecule has 0 saturated carbocycles. The second-order valence-electron chi connectivity index (χ2n) is 4.59. The van der Waals surface area contributed by atoms with Crippen LogP contribution in [0.25, 0.3) is 0 Å². The summed E-state index contributed by atoms with van der Waals surface area (Å²) in [6.07, 6.45) is 5.41. The summed E-state index contributed by atoms with van der Waals surface area (Å²) in [5, 5.41) is 0. The minimum Gasteiger partial charge on any atom is -0.0894 e. The van der Waals surface area contributed by atoms with Crippen LogP contribution in [0, 0.1) is 5.41 Å². The van der Waals surface area contributed by atoms with Crippen molar-refractivity contribution in [1.82, 2.24) is 0 Å². The highest BCUT2D eigenvalue weighted by Crippen LogP contribution is 2.22. The standard InChI is InChI=1S/C10H21Br/c1-9(11)7-5-6-8-10(2,3)4/h9H,5-8H2,1-4H3. The molecule has 0 aliphatic rings. The Labute approximate surface area is 79.9 Å². The number of hydrogen-bond donors (Lipinski definition) is 0. The second-order valence-corrected chi connectivity index (χ2v) is 6.15. The Morgan fingerprint density at radius 1 is 1.18 bits per heavy atom. The van der Waals surface area contributed by atoms with Crippen LogP contribution in [0.5, 0.6) is 0 Å². The van der Waals surface area contributed by atoms with Crippen molar-refractivity contribution >= 4 is 15.9 Å². The van der Waals surface area contributed by atoms with Crippen molar-refractivity contribution in [2.45, 2.75) is 58.2 Å². The molecule has 68 valence electrons. The zero-order chi connectivity index (χ0) is 8.91. The summed E-state index contributed by atoms with van der Waals surface area (Å²) in [4.78, 5) is 0.697. The van der Waals surface area contributed by atoms with Gasteiger partial charge in [0.05, 0.1) is 0 Å². The van der Waals surface area contributed by atoms with Crippen molar-refractivity contribution in [2.75, 3.05) is 0 Å². The number of halogens is 1. The highest BCUT2D eigenvalue weighted by molar-refractivity contribution is 9.09. The quantitative estimate of drug-likeness (QED) is 0.488. The zero-order valence-corrected chi connectivity index (χ0v) is 9.87. The summed E-state index contributed by atoms with van der Waals surface area (Å²) in [6.45, 7) is 9.15. The summed E-state index contributed by atoms with van der Waals surface area (Å²) in [7, 11) is 0. The SMILES string of the molecule is CC(Br)CCCCC(C)(C)C. The lowest BCUT2D eigenvalue weighted by Gasteiger charge is -2.17. The molecule has 0 aromatic carbocycles. The average Bonchev–Trinajstić information content (AvgIpc) is 1.78. The minimum atomic E-state index is 0.523. The first kappa shape index (κ1) is 11.5. The van der Waals surface area contributed by atoms with Crippen molar-refractivity contribution in [2.24, 2.45) is 5.41 Å². The van der Waals surface area contributed by atoms with Gasteiger partial charge in [-0.3, -0.25) is 0 Å². The van der Waals surface area contributed by atoms with E-state index in [1.165, 1.54) is 25.7 Å². The van der Waals surface area contributed by atoms with E-state index >= 15 is 0 Å². The van der Waals surface area contributed by atoms with Gasteiger partial charge >= 0.3 is 0 Å². The van der Waals surface area contributed by atoms with Gasteiger partial charge in [0.2, 0.25) is 0 Å². The molecule has 0 saturated heterocycles. The number of alkyl halides is 1. The van der Waals surface area contributed by atoms with Gasteiger partial charge in [-0.2, -0.15) is 0 Å². The lowest BCUT2D eigenvalue weighted by atomic mass is 9.89. The maximum Gasteiger partial charge on any atom is 0.0117 e. The fraction of sp³-hybridized carbons (Fsp3) is 1.00. The van der Waals surface area contributed by atoms with Crippen molar-refractivity contribution in [3.63, 3.8) is 0 Å². The Morgan fingerprint density at radius 3 is 2.09 bits per heavy atom. The molecule has 0 bridgehead atoms. The van der Waals surface area contributed by atoms with E-state index in [1.807, 2.05) is 0 Å². The molecule has 0 N–H and O–H groups in total. The first-order valence-electron chi connectivity index (χ1n) is 4.56. The number of unbranched alkanes of at least 4 members (excludes halogenated alkanes) is 1. The van der Waals surface area contributed by atoms with Gasteiger partial charge in [-0.15, -0.1) is 0 Å². The second kappa shape index (κ2) is 5.18.